The van der Waals surface area contributed by atoms with E-state index in [0.29, 0.717) is 30.5 Å². The second kappa shape index (κ2) is 13.1. The molecule has 2 saturated heterocycles. The van der Waals surface area contributed by atoms with Crippen LogP contribution in [0.1, 0.15) is 12.1 Å². The van der Waals surface area contributed by atoms with Crippen molar-refractivity contribution in [2.45, 2.75) is 35.1 Å². The van der Waals surface area contributed by atoms with Crippen LogP contribution in [-0.4, -0.2) is 97.1 Å². The fourth-order valence-electron chi connectivity index (χ4n) is 5.09. The molecule has 0 spiro atoms. The fraction of sp³-hybridized carbons (Fsp3) is 0.414. The molecule has 15 heteroatoms. The molecule has 0 bridgehead atoms. The largest absolute Gasteiger partial charge is 0.494 e. The maximum atomic E-state index is 15.2. The number of alkyl halides is 4. The standard InChI is InChI=1S/C29H31F4N5O3S3/c1-41-26-15-20(44(3,39)40)7-4-8-23(26)34-13-6-9-24-28(42-29(31,32)33)25-10-5-11-27(38(25)36-24)35-22-12-14-37(16-21(22)30)19-17-43(2)18-19/h4-5,7,10-11,15,19,21-22,34-35H,2,12-14,16-18H2,1,3H3. The molecule has 0 saturated carbocycles. The van der Waals surface area contributed by atoms with E-state index < -0.39 is 27.6 Å². The predicted molar refractivity (Wildman–Crippen MR) is 168 cm³/mol. The lowest BCUT2D eigenvalue weighted by atomic mass is 10.0. The van der Waals surface area contributed by atoms with Crippen molar-refractivity contribution in [2.24, 2.45) is 0 Å². The fourth-order valence-corrected chi connectivity index (χ4v) is 7.82. The molecule has 236 valence electrons. The molecule has 1 aliphatic carbocycles. The molecule has 44 heavy (non-hydrogen) atoms. The van der Waals surface area contributed by atoms with E-state index in [-0.39, 0.29) is 55.6 Å². The number of nitrogens with zero attached hydrogens (tertiary/aromatic N) is 3. The number of hydrogen-bond donors (Lipinski definition) is 2. The van der Waals surface area contributed by atoms with Crippen LogP contribution in [0.5, 0.6) is 0 Å². The summed E-state index contributed by atoms with van der Waals surface area (Å²) in [6, 6.07) is 4.63. The normalized spacial score (nSPS) is 24.3. The minimum Gasteiger partial charge on any atom is -0.494 e. The van der Waals surface area contributed by atoms with Crippen molar-refractivity contribution in [3.8, 4) is 11.8 Å². The number of aromatic nitrogens is 2. The zero-order chi connectivity index (χ0) is 31.6. The number of hydrogen-bond acceptors (Lipinski definition) is 8. The quantitative estimate of drug-likeness (QED) is 0.142. The van der Waals surface area contributed by atoms with E-state index in [4.69, 9.17) is 4.74 Å². The number of ether oxygens (including phenoxy) is 1. The molecule has 2 aromatic heterocycles. The van der Waals surface area contributed by atoms with Gasteiger partial charge in [0, 0.05) is 43.0 Å². The van der Waals surface area contributed by atoms with Gasteiger partial charge in [-0.05, 0) is 48.4 Å². The van der Waals surface area contributed by atoms with Crippen molar-refractivity contribution in [3.05, 3.63) is 64.2 Å². The second-order valence-electron chi connectivity index (χ2n) is 10.5. The van der Waals surface area contributed by atoms with Crippen LogP contribution in [0.2, 0.25) is 0 Å². The first-order valence-corrected chi connectivity index (χ1v) is 18.0. The highest BCUT2D eigenvalue weighted by Gasteiger charge is 2.36. The van der Waals surface area contributed by atoms with Crippen LogP contribution < -0.4 is 10.6 Å². The number of fused-ring (bicyclic) bond motifs is 1. The highest BCUT2D eigenvalue weighted by Crippen LogP contribution is 2.41. The lowest BCUT2D eigenvalue weighted by Crippen LogP contribution is -2.55. The number of pyridine rings is 1. The molecule has 2 unspecified atom stereocenters. The van der Waals surface area contributed by atoms with Crippen LogP contribution in [0, 0.1) is 11.8 Å². The summed E-state index contributed by atoms with van der Waals surface area (Å²) in [7, 11) is -1.97. The van der Waals surface area contributed by atoms with E-state index >= 15 is 4.39 Å². The molecule has 4 heterocycles. The van der Waals surface area contributed by atoms with Crippen molar-refractivity contribution in [2.75, 3.05) is 49.8 Å². The Kier molecular flexibility index (Phi) is 9.58. The van der Waals surface area contributed by atoms with Crippen LogP contribution in [0.4, 0.5) is 23.4 Å². The Morgan fingerprint density at radius 3 is 2.75 bits per heavy atom. The molecule has 0 radical (unpaired) electrons. The number of piperidine rings is 1. The lowest BCUT2D eigenvalue weighted by molar-refractivity contribution is -0.0327. The third kappa shape index (κ3) is 7.55. The van der Waals surface area contributed by atoms with Gasteiger partial charge in [-0.3, -0.25) is 4.90 Å². The van der Waals surface area contributed by atoms with Crippen molar-refractivity contribution in [1.29, 1.82) is 0 Å². The van der Waals surface area contributed by atoms with Gasteiger partial charge in [0.2, 0.25) is 0 Å². The number of halogens is 4. The summed E-state index contributed by atoms with van der Waals surface area (Å²) in [5.74, 6) is 12.1. The Balaban J connectivity index is 1.35. The Morgan fingerprint density at radius 2 is 2.09 bits per heavy atom. The molecule has 2 N–H and O–H groups in total. The van der Waals surface area contributed by atoms with Crippen LogP contribution >= 0.6 is 22.2 Å². The maximum Gasteiger partial charge on any atom is 0.446 e. The van der Waals surface area contributed by atoms with Crippen LogP contribution in [0.15, 0.2) is 63.4 Å². The minimum atomic E-state index is -4.59. The Morgan fingerprint density at radius 1 is 1.32 bits per heavy atom. The molecule has 8 nitrogen and oxygen atoms in total. The zero-order valence-electron chi connectivity index (χ0n) is 23.9. The highest BCUT2D eigenvalue weighted by atomic mass is 32.2. The van der Waals surface area contributed by atoms with Gasteiger partial charge in [0.05, 0.1) is 35.0 Å². The third-order valence-corrected chi connectivity index (χ3v) is 11.0. The molecular weight excluding hydrogens is 639 g/mol. The maximum absolute atomic E-state index is 15.2. The highest BCUT2D eigenvalue weighted by molar-refractivity contribution is 8.15. The number of nitrogens with one attached hydrogen (secondary N) is 2. The molecule has 0 amide bonds. The molecule has 2 aliphatic heterocycles. The van der Waals surface area contributed by atoms with Gasteiger partial charge in [0.15, 0.2) is 15.6 Å². The zero-order valence-corrected chi connectivity index (χ0v) is 26.4. The van der Waals surface area contributed by atoms with Gasteiger partial charge in [0.1, 0.15) is 23.4 Å². The minimum absolute atomic E-state index is 0.0291. The number of methoxy groups -OCH3 is 1. The van der Waals surface area contributed by atoms with E-state index in [9.17, 15) is 21.6 Å². The third-order valence-electron chi connectivity index (χ3n) is 7.31. The second-order valence-corrected chi connectivity index (χ2v) is 15.5. The summed E-state index contributed by atoms with van der Waals surface area (Å²) in [6.45, 7) is 0.995. The number of anilines is 1. The molecular formula is C29H31F4N5O3S3. The molecule has 3 aliphatic rings. The first-order valence-electron chi connectivity index (χ1n) is 13.6. The van der Waals surface area contributed by atoms with Crippen molar-refractivity contribution < 1.29 is 30.7 Å². The van der Waals surface area contributed by atoms with Crippen LogP contribution in [0.3, 0.4) is 0 Å². The van der Waals surface area contributed by atoms with Crippen LogP contribution in [-0.2, 0) is 14.6 Å². The lowest BCUT2D eigenvalue weighted by Gasteiger charge is -2.44. The number of rotatable bonds is 8. The molecule has 2 fully saturated rings. The molecule has 0 aromatic carbocycles. The van der Waals surface area contributed by atoms with Gasteiger partial charge in [-0.15, -0.1) is 0 Å². The van der Waals surface area contributed by atoms with Gasteiger partial charge in [-0.2, -0.15) is 28.8 Å². The van der Waals surface area contributed by atoms with Gasteiger partial charge in [0.25, 0.3) is 0 Å². The van der Waals surface area contributed by atoms with Gasteiger partial charge >= 0.3 is 5.51 Å². The average molecular weight is 670 g/mol. The van der Waals surface area contributed by atoms with Crippen molar-refractivity contribution in [3.63, 3.8) is 0 Å². The number of allylic oxidation sites excluding steroid dienone is 2. The summed E-state index contributed by atoms with van der Waals surface area (Å²) in [5, 5.41) is 10.5. The smallest absolute Gasteiger partial charge is 0.446 e. The Hall–Kier alpha value is -3.15. The monoisotopic (exact) mass is 669 g/mol. The summed E-state index contributed by atoms with van der Waals surface area (Å²) in [5.41, 5.74) is -1.29. The SMILES string of the molecule is C=S1CC(N2CCC(Nc3cccc4c(SC(F)(F)F)c(C#CCNC5=C=CC=C(S(C)(=O)=O)C=C5OC)nn34)C(F)C2)C1. The van der Waals surface area contributed by atoms with E-state index in [1.807, 2.05) is 0 Å². The number of thioether (sulfide) groups is 1. The van der Waals surface area contributed by atoms with Gasteiger partial charge in [-0.1, -0.05) is 23.6 Å². The molecule has 2 aromatic rings. The summed E-state index contributed by atoms with van der Waals surface area (Å²) >= 11 is -0.308. The van der Waals surface area contributed by atoms with Gasteiger partial charge in [-0.25, -0.2) is 17.3 Å². The number of likely N-dealkylation sites (tertiary alicyclic amines) is 1. The van der Waals surface area contributed by atoms with Crippen molar-refractivity contribution >= 4 is 49.3 Å². The topological polar surface area (TPSA) is 88.0 Å². The Labute approximate surface area is 260 Å². The van der Waals surface area contributed by atoms with Gasteiger partial charge < -0.3 is 15.4 Å². The summed E-state index contributed by atoms with van der Waals surface area (Å²) in [4.78, 5) is 2.03. The molecule has 5 rings (SSSR count). The van der Waals surface area contributed by atoms with E-state index in [0.717, 1.165) is 24.3 Å². The van der Waals surface area contributed by atoms with E-state index in [1.165, 1.54) is 35.9 Å². The predicted octanol–water partition coefficient (Wildman–Crippen LogP) is 4.31. The first kappa shape index (κ1) is 32.2. The Bertz CT molecular complexity index is 1760. The van der Waals surface area contributed by atoms with Crippen LogP contribution in [0.25, 0.3) is 5.52 Å². The first-order chi connectivity index (χ1) is 20.8. The van der Waals surface area contributed by atoms with E-state index in [2.05, 4.69) is 44.1 Å². The average Bonchev–Trinajstić information content (AvgIpc) is 3.12. The number of sulfone groups is 1. The summed E-state index contributed by atoms with van der Waals surface area (Å²) < 4.78 is 86.6. The molecule has 2 atom stereocenters. The van der Waals surface area contributed by atoms with Crippen molar-refractivity contribution in [1.82, 2.24) is 19.8 Å². The summed E-state index contributed by atoms with van der Waals surface area (Å²) in [6.07, 6.45) is 4.60. The van der Waals surface area contributed by atoms with E-state index in [1.54, 1.807) is 12.1 Å².